The largest absolute Gasteiger partial charge is 0.481 e. The number of fused-ring (bicyclic) bond motifs is 2. The molecule has 0 saturated carbocycles. The summed E-state index contributed by atoms with van der Waals surface area (Å²) < 4.78 is 11.9. The lowest BCUT2D eigenvalue weighted by Gasteiger charge is -2.41. The van der Waals surface area contributed by atoms with Gasteiger partial charge >= 0.3 is 11.9 Å². The molecule has 36 heavy (non-hydrogen) atoms. The number of carbonyl (C=O) groups is 2. The van der Waals surface area contributed by atoms with Crippen LogP contribution in [0.3, 0.4) is 0 Å². The summed E-state index contributed by atoms with van der Waals surface area (Å²) in [5.41, 5.74) is 4.02. The van der Waals surface area contributed by atoms with E-state index in [4.69, 9.17) is 9.47 Å². The lowest BCUT2D eigenvalue weighted by molar-refractivity contribution is -0.275. The minimum Gasteiger partial charge on any atom is -0.481 e. The Hall–Kier alpha value is -2.96. The van der Waals surface area contributed by atoms with Gasteiger partial charge in [-0.3, -0.25) is 4.79 Å². The molecule has 3 rings (SSSR count). The van der Waals surface area contributed by atoms with Gasteiger partial charge in [0.15, 0.2) is 5.79 Å². The Morgan fingerprint density at radius 2 is 1.97 bits per heavy atom. The Kier molecular flexibility index (Phi) is 10.3. The standard InChI is InChI=1S/C30H38O6/c1-22(13-14-24-10-6-4-7-11-24)15-16-30(34)21-27-20-26(36-30)17-23(2)9-5-3-8-12-25(18-28(31)32)19-29(33)35-27/h3-4,6-11,13,19,26-27,34H,5,12,14-18,20-21H2,1-2H3,(H,31,32)/b8-3+,22-13+,23-9-,25-19+/t26-,27-,30+/m1/s1. The number of ether oxygens (including phenoxy) is 2. The number of carboxylic acid groups (broad SMARTS) is 1. The maximum absolute atomic E-state index is 12.6. The predicted molar refractivity (Wildman–Crippen MR) is 139 cm³/mol. The van der Waals surface area contributed by atoms with Crippen molar-refractivity contribution in [1.29, 1.82) is 0 Å². The summed E-state index contributed by atoms with van der Waals surface area (Å²) in [7, 11) is 0. The van der Waals surface area contributed by atoms with Crippen LogP contribution in [0.1, 0.15) is 70.8 Å². The molecule has 1 fully saturated rings. The molecule has 2 bridgehead atoms. The van der Waals surface area contributed by atoms with Crippen molar-refractivity contribution in [3.8, 4) is 0 Å². The maximum atomic E-state index is 12.6. The number of allylic oxidation sites excluding steroid dienone is 5. The highest BCUT2D eigenvalue weighted by Gasteiger charge is 2.41. The average Bonchev–Trinajstić information content (AvgIpc) is 2.80. The molecule has 0 aromatic heterocycles. The monoisotopic (exact) mass is 494 g/mol. The van der Waals surface area contributed by atoms with Gasteiger partial charge in [0.25, 0.3) is 0 Å². The van der Waals surface area contributed by atoms with Gasteiger partial charge in [0.1, 0.15) is 6.10 Å². The van der Waals surface area contributed by atoms with Crippen LogP contribution < -0.4 is 0 Å². The number of rotatable bonds is 7. The van der Waals surface area contributed by atoms with Crippen molar-refractivity contribution in [3.05, 3.63) is 83.0 Å². The van der Waals surface area contributed by atoms with Crippen LogP contribution in [0.5, 0.6) is 0 Å². The number of carboxylic acids is 1. The quantitative estimate of drug-likeness (QED) is 0.366. The van der Waals surface area contributed by atoms with E-state index < -0.39 is 23.8 Å². The van der Waals surface area contributed by atoms with Crippen molar-refractivity contribution in [1.82, 2.24) is 0 Å². The third kappa shape index (κ3) is 9.59. The van der Waals surface area contributed by atoms with E-state index in [0.717, 1.165) is 17.6 Å². The number of benzene rings is 1. The van der Waals surface area contributed by atoms with Gasteiger partial charge in [-0.05, 0) is 57.1 Å². The first-order valence-corrected chi connectivity index (χ1v) is 12.7. The van der Waals surface area contributed by atoms with Crippen LogP contribution in [0.15, 0.2) is 77.4 Å². The third-order valence-electron chi connectivity index (χ3n) is 6.58. The van der Waals surface area contributed by atoms with Crippen LogP contribution >= 0.6 is 0 Å². The Morgan fingerprint density at radius 1 is 1.19 bits per heavy atom. The van der Waals surface area contributed by atoms with Crippen LogP contribution in [0.25, 0.3) is 0 Å². The number of esters is 1. The van der Waals surface area contributed by atoms with Crippen molar-refractivity contribution >= 4 is 11.9 Å². The third-order valence-corrected chi connectivity index (χ3v) is 6.58. The van der Waals surface area contributed by atoms with E-state index in [1.165, 1.54) is 11.6 Å². The first kappa shape index (κ1) is 27.6. The van der Waals surface area contributed by atoms with Gasteiger partial charge in [-0.1, -0.05) is 65.8 Å². The Balaban J connectivity index is 1.72. The van der Waals surface area contributed by atoms with Crippen molar-refractivity contribution < 1.29 is 29.3 Å². The molecule has 2 aliphatic heterocycles. The number of aliphatic hydroxyl groups is 1. The van der Waals surface area contributed by atoms with Crippen molar-refractivity contribution in [2.24, 2.45) is 0 Å². The zero-order valence-corrected chi connectivity index (χ0v) is 21.3. The molecular formula is C30H38O6. The molecule has 0 aliphatic carbocycles. The second-order valence-corrected chi connectivity index (χ2v) is 9.96. The summed E-state index contributed by atoms with van der Waals surface area (Å²) >= 11 is 0. The lowest BCUT2D eigenvalue weighted by Crippen LogP contribution is -2.47. The SMILES string of the molecule is C/C1=C/C/C=C/C/C(CC(=O)O)=C\C(=O)O[C@@H]2C[C@@H](C1)O[C@@](O)(CC/C(C)=C/Cc1ccccc1)C2. The van der Waals surface area contributed by atoms with Crippen LogP contribution in [0, 0.1) is 0 Å². The maximum Gasteiger partial charge on any atom is 0.331 e. The topological polar surface area (TPSA) is 93.1 Å². The minimum absolute atomic E-state index is 0.186. The highest BCUT2D eigenvalue weighted by atomic mass is 16.6. The summed E-state index contributed by atoms with van der Waals surface area (Å²) in [5.74, 6) is -2.97. The molecule has 6 heteroatoms. The second kappa shape index (κ2) is 13.4. The molecule has 3 atom stereocenters. The zero-order chi connectivity index (χ0) is 26.0. The summed E-state index contributed by atoms with van der Waals surface area (Å²) in [6.07, 6.45) is 12.7. The first-order chi connectivity index (χ1) is 17.2. The van der Waals surface area contributed by atoms with E-state index in [0.29, 0.717) is 44.1 Å². The van der Waals surface area contributed by atoms with E-state index in [1.54, 1.807) is 0 Å². The molecule has 2 heterocycles. The normalized spacial score (nSPS) is 29.6. The van der Waals surface area contributed by atoms with Crippen LogP contribution in [-0.2, 0) is 25.5 Å². The molecule has 1 aromatic rings. The summed E-state index contributed by atoms with van der Waals surface area (Å²) in [5, 5.41) is 20.6. The summed E-state index contributed by atoms with van der Waals surface area (Å²) in [6.45, 7) is 4.09. The van der Waals surface area contributed by atoms with Crippen LogP contribution in [0.4, 0.5) is 0 Å². The van der Waals surface area contributed by atoms with E-state index in [-0.39, 0.29) is 18.9 Å². The lowest BCUT2D eigenvalue weighted by atomic mass is 9.91. The summed E-state index contributed by atoms with van der Waals surface area (Å²) in [4.78, 5) is 23.9. The Morgan fingerprint density at radius 3 is 2.72 bits per heavy atom. The average molecular weight is 495 g/mol. The van der Waals surface area contributed by atoms with Crippen molar-refractivity contribution in [3.63, 3.8) is 0 Å². The molecule has 2 aliphatic rings. The van der Waals surface area contributed by atoms with E-state index in [1.807, 2.05) is 37.3 Å². The van der Waals surface area contributed by atoms with Crippen LogP contribution in [-0.4, -0.2) is 40.1 Å². The fraction of sp³-hybridized carbons (Fsp3) is 0.467. The molecule has 0 radical (unpaired) electrons. The molecule has 0 spiro atoms. The number of hydrogen-bond acceptors (Lipinski definition) is 5. The Bertz CT molecular complexity index is 1020. The molecule has 1 aromatic carbocycles. The predicted octanol–water partition coefficient (Wildman–Crippen LogP) is 5.82. The smallest absolute Gasteiger partial charge is 0.331 e. The van der Waals surface area contributed by atoms with E-state index in [2.05, 4.69) is 31.2 Å². The fourth-order valence-electron chi connectivity index (χ4n) is 4.70. The van der Waals surface area contributed by atoms with Gasteiger partial charge in [0.2, 0.25) is 0 Å². The van der Waals surface area contributed by atoms with Crippen molar-refractivity contribution in [2.45, 2.75) is 89.6 Å². The van der Waals surface area contributed by atoms with Gasteiger partial charge in [0.05, 0.1) is 12.5 Å². The van der Waals surface area contributed by atoms with Crippen molar-refractivity contribution in [2.75, 3.05) is 0 Å². The number of hydrogen-bond donors (Lipinski definition) is 2. The molecule has 194 valence electrons. The fourth-order valence-corrected chi connectivity index (χ4v) is 4.70. The number of aliphatic carboxylic acids is 1. The highest BCUT2D eigenvalue weighted by molar-refractivity contribution is 5.84. The van der Waals surface area contributed by atoms with Gasteiger partial charge in [-0.15, -0.1) is 0 Å². The molecule has 0 amide bonds. The first-order valence-electron chi connectivity index (χ1n) is 12.7. The van der Waals surface area contributed by atoms with Gasteiger partial charge in [-0.25, -0.2) is 4.79 Å². The van der Waals surface area contributed by atoms with Gasteiger partial charge < -0.3 is 19.7 Å². The molecular weight excluding hydrogens is 456 g/mol. The van der Waals surface area contributed by atoms with Gasteiger partial charge in [-0.2, -0.15) is 0 Å². The summed E-state index contributed by atoms with van der Waals surface area (Å²) in [6, 6.07) is 10.2. The second-order valence-electron chi connectivity index (χ2n) is 9.96. The molecule has 0 unspecified atom stereocenters. The van der Waals surface area contributed by atoms with E-state index in [9.17, 15) is 19.8 Å². The minimum atomic E-state index is -1.40. The zero-order valence-electron chi connectivity index (χ0n) is 21.3. The number of carbonyl (C=O) groups excluding carboxylic acids is 1. The molecule has 1 saturated heterocycles. The Labute approximate surface area is 214 Å². The molecule has 6 nitrogen and oxygen atoms in total. The van der Waals surface area contributed by atoms with Crippen LogP contribution in [0.2, 0.25) is 0 Å². The highest BCUT2D eigenvalue weighted by Crippen LogP contribution is 2.35. The molecule has 2 N–H and O–H groups in total. The van der Waals surface area contributed by atoms with E-state index >= 15 is 0 Å². The van der Waals surface area contributed by atoms with Gasteiger partial charge in [0, 0.05) is 25.3 Å².